The van der Waals surface area contributed by atoms with Crippen molar-refractivity contribution in [1.29, 1.82) is 0 Å². The van der Waals surface area contributed by atoms with Crippen LogP contribution in [-0.4, -0.2) is 40.3 Å². The number of ether oxygens (including phenoxy) is 1. The van der Waals surface area contributed by atoms with E-state index in [0.717, 1.165) is 19.4 Å². The molecule has 0 radical (unpaired) electrons. The molecular formula is C19H23ClFN3O2. The molecule has 1 amide bonds. The molecule has 1 aliphatic heterocycles. The SMILES string of the molecule is C[C@@H](Cn1cc(Cl)cn1)C(=O)N1CCC[C@@H](COc2ccc(F)cc2)C1. The molecule has 140 valence electrons. The summed E-state index contributed by atoms with van der Waals surface area (Å²) in [6.45, 7) is 4.41. The minimum absolute atomic E-state index is 0.128. The molecule has 0 aliphatic carbocycles. The van der Waals surface area contributed by atoms with Gasteiger partial charge in [-0.1, -0.05) is 18.5 Å². The highest BCUT2D eigenvalue weighted by molar-refractivity contribution is 6.30. The predicted octanol–water partition coefficient (Wildman–Crippen LogP) is 3.63. The highest BCUT2D eigenvalue weighted by atomic mass is 35.5. The molecule has 2 atom stereocenters. The number of benzene rings is 1. The molecule has 1 aromatic heterocycles. The second-order valence-corrected chi connectivity index (χ2v) is 7.28. The smallest absolute Gasteiger partial charge is 0.227 e. The normalized spacial score (nSPS) is 18.6. The van der Waals surface area contributed by atoms with E-state index in [-0.39, 0.29) is 23.6 Å². The van der Waals surface area contributed by atoms with Gasteiger partial charge in [-0.05, 0) is 37.1 Å². The summed E-state index contributed by atoms with van der Waals surface area (Å²) in [7, 11) is 0. The minimum Gasteiger partial charge on any atom is -0.493 e. The lowest BCUT2D eigenvalue weighted by atomic mass is 9.97. The Bertz CT molecular complexity index is 735. The molecule has 5 nitrogen and oxygen atoms in total. The van der Waals surface area contributed by atoms with Crippen LogP contribution in [0.2, 0.25) is 5.02 Å². The van der Waals surface area contributed by atoms with Crippen LogP contribution in [-0.2, 0) is 11.3 Å². The third-order valence-electron chi connectivity index (χ3n) is 4.61. The fourth-order valence-corrected chi connectivity index (χ4v) is 3.41. The van der Waals surface area contributed by atoms with Crippen molar-refractivity contribution in [2.75, 3.05) is 19.7 Å². The standard InChI is InChI=1S/C19H23ClFN3O2/c1-14(10-24-12-16(20)9-22-24)19(25)23-8-2-3-15(11-23)13-26-18-6-4-17(21)5-7-18/h4-7,9,12,14-15H,2-3,8,10-11,13H2,1H3/t14-,15+/m0/s1. The van der Waals surface area contributed by atoms with E-state index in [1.807, 2.05) is 11.8 Å². The highest BCUT2D eigenvalue weighted by Gasteiger charge is 2.27. The molecule has 0 N–H and O–H groups in total. The first-order chi connectivity index (χ1) is 12.5. The summed E-state index contributed by atoms with van der Waals surface area (Å²) in [5, 5.41) is 4.70. The number of rotatable bonds is 6. The van der Waals surface area contributed by atoms with E-state index in [1.165, 1.54) is 12.1 Å². The molecular weight excluding hydrogens is 357 g/mol. The van der Waals surface area contributed by atoms with E-state index < -0.39 is 0 Å². The molecule has 0 bridgehead atoms. The molecule has 26 heavy (non-hydrogen) atoms. The largest absolute Gasteiger partial charge is 0.493 e. The molecule has 0 spiro atoms. The molecule has 0 saturated carbocycles. The number of carbonyl (C=O) groups is 1. The van der Waals surface area contributed by atoms with Gasteiger partial charge in [0.25, 0.3) is 0 Å². The van der Waals surface area contributed by atoms with Gasteiger partial charge in [0.2, 0.25) is 5.91 Å². The number of hydrogen-bond acceptors (Lipinski definition) is 3. The molecule has 2 aromatic rings. The summed E-state index contributed by atoms with van der Waals surface area (Å²) in [5.41, 5.74) is 0. The lowest BCUT2D eigenvalue weighted by Crippen LogP contribution is -2.44. The van der Waals surface area contributed by atoms with Crippen LogP contribution in [0.25, 0.3) is 0 Å². The first-order valence-corrected chi connectivity index (χ1v) is 9.24. The first kappa shape index (κ1) is 18.7. The van der Waals surface area contributed by atoms with Crippen molar-refractivity contribution in [3.63, 3.8) is 0 Å². The maximum Gasteiger partial charge on any atom is 0.227 e. The molecule has 7 heteroatoms. The Labute approximate surface area is 157 Å². The Kier molecular flexibility index (Phi) is 6.14. The molecule has 1 aromatic carbocycles. The fourth-order valence-electron chi connectivity index (χ4n) is 3.25. The number of halogens is 2. The van der Waals surface area contributed by atoms with Crippen molar-refractivity contribution >= 4 is 17.5 Å². The number of amides is 1. The zero-order chi connectivity index (χ0) is 18.5. The van der Waals surface area contributed by atoms with Crippen LogP contribution in [0.5, 0.6) is 5.75 Å². The predicted molar refractivity (Wildman–Crippen MR) is 97.6 cm³/mol. The third kappa shape index (κ3) is 4.97. The van der Waals surface area contributed by atoms with Gasteiger partial charge >= 0.3 is 0 Å². The average Bonchev–Trinajstić information content (AvgIpc) is 3.05. The van der Waals surface area contributed by atoms with Crippen molar-refractivity contribution in [2.24, 2.45) is 11.8 Å². The lowest BCUT2D eigenvalue weighted by molar-refractivity contribution is -0.137. The van der Waals surface area contributed by atoms with Crippen LogP contribution in [0, 0.1) is 17.7 Å². The van der Waals surface area contributed by atoms with Gasteiger partial charge in [0.15, 0.2) is 0 Å². The fraction of sp³-hybridized carbons (Fsp3) is 0.474. The van der Waals surface area contributed by atoms with Crippen LogP contribution in [0.4, 0.5) is 4.39 Å². The summed E-state index contributed by atoms with van der Waals surface area (Å²) >= 11 is 5.87. The Balaban J connectivity index is 1.50. The molecule has 3 rings (SSSR count). The van der Waals surface area contributed by atoms with Crippen molar-refractivity contribution < 1.29 is 13.9 Å². The number of hydrogen-bond donors (Lipinski definition) is 0. The quantitative estimate of drug-likeness (QED) is 0.770. The van der Waals surface area contributed by atoms with Crippen molar-refractivity contribution in [1.82, 2.24) is 14.7 Å². The first-order valence-electron chi connectivity index (χ1n) is 8.86. The number of aromatic nitrogens is 2. The van der Waals surface area contributed by atoms with Crippen LogP contribution < -0.4 is 4.74 Å². The van der Waals surface area contributed by atoms with Gasteiger partial charge in [-0.15, -0.1) is 0 Å². The van der Waals surface area contributed by atoms with Gasteiger partial charge in [-0.25, -0.2) is 4.39 Å². The second-order valence-electron chi connectivity index (χ2n) is 6.84. The summed E-state index contributed by atoms with van der Waals surface area (Å²) in [5.74, 6) is 0.618. The molecule has 1 saturated heterocycles. The number of carbonyl (C=O) groups excluding carboxylic acids is 1. The van der Waals surface area contributed by atoms with E-state index in [0.29, 0.717) is 30.5 Å². The van der Waals surface area contributed by atoms with E-state index >= 15 is 0 Å². The Morgan fingerprint density at radius 2 is 2.19 bits per heavy atom. The van der Waals surface area contributed by atoms with Crippen LogP contribution in [0.3, 0.4) is 0 Å². The molecule has 2 heterocycles. The number of likely N-dealkylation sites (tertiary alicyclic amines) is 1. The van der Waals surface area contributed by atoms with Gasteiger partial charge < -0.3 is 9.64 Å². The van der Waals surface area contributed by atoms with Gasteiger partial charge in [0, 0.05) is 25.2 Å². The van der Waals surface area contributed by atoms with E-state index in [4.69, 9.17) is 16.3 Å². The number of nitrogens with zero attached hydrogens (tertiary/aromatic N) is 3. The van der Waals surface area contributed by atoms with Crippen molar-refractivity contribution in [2.45, 2.75) is 26.3 Å². The van der Waals surface area contributed by atoms with Gasteiger partial charge in [0.05, 0.1) is 30.3 Å². The minimum atomic E-state index is -0.278. The zero-order valence-electron chi connectivity index (χ0n) is 14.8. The third-order valence-corrected chi connectivity index (χ3v) is 4.81. The molecule has 1 fully saturated rings. The monoisotopic (exact) mass is 379 g/mol. The maximum absolute atomic E-state index is 12.9. The van der Waals surface area contributed by atoms with Crippen molar-refractivity contribution in [3.8, 4) is 5.75 Å². The Hall–Kier alpha value is -2.08. The van der Waals surface area contributed by atoms with Crippen LogP contribution >= 0.6 is 11.6 Å². The number of piperidine rings is 1. The highest BCUT2D eigenvalue weighted by Crippen LogP contribution is 2.21. The maximum atomic E-state index is 12.9. The van der Waals surface area contributed by atoms with Gasteiger partial charge in [0.1, 0.15) is 11.6 Å². The van der Waals surface area contributed by atoms with Gasteiger partial charge in [-0.2, -0.15) is 5.10 Å². The van der Waals surface area contributed by atoms with Crippen LogP contribution in [0.15, 0.2) is 36.7 Å². The molecule has 0 unspecified atom stereocenters. The molecule has 1 aliphatic rings. The second kappa shape index (κ2) is 8.54. The summed E-state index contributed by atoms with van der Waals surface area (Å²) in [4.78, 5) is 14.7. The van der Waals surface area contributed by atoms with Crippen LogP contribution in [0.1, 0.15) is 19.8 Å². The van der Waals surface area contributed by atoms with E-state index in [2.05, 4.69) is 5.10 Å². The van der Waals surface area contributed by atoms with Gasteiger partial charge in [-0.3, -0.25) is 9.48 Å². The van der Waals surface area contributed by atoms with E-state index in [9.17, 15) is 9.18 Å². The van der Waals surface area contributed by atoms with Crippen molar-refractivity contribution in [3.05, 3.63) is 47.5 Å². The summed E-state index contributed by atoms with van der Waals surface area (Å²) in [6, 6.07) is 6.02. The lowest BCUT2D eigenvalue weighted by Gasteiger charge is -2.34. The Morgan fingerprint density at radius 1 is 1.42 bits per heavy atom. The zero-order valence-corrected chi connectivity index (χ0v) is 15.5. The summed E-state index contributed by atoms with van der Waals surface area (Å²) in [6.07, 6.45) is 5.28. The topological polar surface area (TPSA) is 47.4 Å². The summed E-state index contributed by atoms with van der Waals surface area (Å²) < 4.78 is 20.4. The Morgan fingerprint density at radius 3 is 2.88 bits per heavy atom. The average molecular weight is 380 g/mol. The van der Waals surface area contributed by atoms with E-state index in [1.54, 1.807) is 29.2 Å².